The smallest absolute Gasteiger partial charge is 0.407 e. The Kier molecular flexibility index (Phi) is 10.3. The number of likely N-dealkylation sites (tertiary alicyclic amines) is 1. The predicted molar refractivity (Wildman–Crippen MR) is 171 cm³/mol. The summed E-state index contributed by atoms with van der Waals surface area (Å²) < 4.78 is 17.5. The van der Waals surface area contributed by atoms with Crippen LogP contribution in [-0.2, 0) is 23.9 Å². The van der Waals surface area contributed by atoms with Gasteiger partial charge in [0.25, 0.3) is 11.8 Å². The maximum atomic E-state index is 14.6. The number of piperidine rings is 1. The first-order valence-electron chi connectivity index (χ1n) is 16.9. The summed E-state index contributed by atoms with van der Waals surface area (Å²) in [5, 5.41) is 13.0. The van der Waals surface area contributed by atoms with Gasteiger partial charge < -0.3 is 34.4 Å². The molecule has 3 aliphatic heterocycles. The Hall–Kier alpha value is -3.87. The van der Waals surface area contributed by atoms with E-state index in [0.717, 1.165) is 0 Å². The molecule has 5 rings (SSSR count). The van der Waals surface area contributed by atoms with E-state index in [4.69, 9.17) is 14.2 Å². The van der Waals surface area contributed by atoms with Gasteiger partial charge in [0.05, 0.1) is 23.7 Å². The zero-order valence-electron chi connectivity index (χ0n) is 28.1. The molecular formula is C34H48N4O9. The van der Waals surface area contributed by atoms with Gasteiger partial charge in [-0.25, -0.2) is 4.79 Å². The number of fused-ring (bicyclic) bond motifs is 1. The van der Waals surface area contributed by atoms with Crippen LogP contribution in [0.5, 0.6) is 5.75 Å². The molecule has 13 heteroatoms. The van der Waals surface area contributed by atoms with Gasteiger partial charge in [-0.15, -0.1) is 0 Å². The molecule has 3 atom stereocenters. The highest BCUT2D eigenvalue weighted by molar-refractivity contribution is 6.06. The fourth-order valence-corrected chi connectivity index (χ4v) is 7.17. The minimum absolute atomic E-state index is 0.121. The highest BCUT2D eigenvalue weighted by Crippen LogP contribution is 2.50. The highest BCUT2D eigenvalue weighted by atomic mass is 16.5. The first kappa shape index (κ1) is 34.5. The van der Waals surface area contributed by atoms with E-state index >= 15 is 0 Å². The van der Waals surface area contributed by atoms with Crippen LogP contribution in [0, 0.1) is 12.8 Å². The van der Waals surface area contributed by atoms with E-state index in [9.17, 15) is 29.1 Å². The van der Waals surface area contributed by atoms with E-state index in [2.05, 4.69) is 5.32 Å². The number of carboxylic acid groups (broad SMARTS) is 1. The van der Waals surface area contributed by atoms with Gasteiger partial charge in [0.15, 0.2) is 5.60 Å². The minimum Gasteiger partial charge on any atom is -0.475 e. The van der Waals surface area contributed by atoms with Gasteiger partial charge in [-0.2, -0.15) is 0 Å². The summed E-state index contributed by atoms with van der Waals surface area (Å²) >= 11 is 0. The molecule has 4 amide bonds. The first-order valence-corrected chi connectivity index (χ1v) is 16.9. The molecule has 47 heavy (non-hydrogen) atoms. The van der Waals surface area contributed by atoms with Crippen molar-refractivity contribution in [3.05, 3.63) is 23.3 Å². The van der Waals surface area contributed by atoms with Crippen molar-refractivity contribution in [1.82, 2.24) is 15.1 Å². The van der Waals surface area contributed by atoms with Gasteiger partial charge in [0.2, 0.25) is 5.91 Å². The van der Waals surface area contributed by atoms with Gasteiger partial charge in [0, 0.05) is 63.7 Å². The van der Waals surface area contributed by atoms with E-state index in [1.54, 1.807) is 35.8 Å². The van der Waals surface area contributed by atoms with Gasteiger partial charge in [-0.3, -0.25) is 24.1 Å². The van der Waals surface area contributed by atoms with E-state index in [1.807, 2.05) is 20.8 Å². The molecule has 1 aromatic carbocycles. The zero-order chi connectivity index (χ0) is 34.0. The second-order valence-electron chi connectivity index (χ2n) is 13.4. The topological polar surface area (TPSA) is 155 Å². The van der Waals surface area contributed by atoms with Gasteiger partial charge in [-0.05, 0) is 71.1 Å². The number of nitrogens with one attached hydrogen (secondary N) is 1. The molecule has 4 aliphatic rings. The summed E-state index contributed by atoms with van der Waals surface area (Å²) in [4.78, 5) is 70.3. The van der Waals surface area contributed by atoms with Crippen molar-refractivity contribution in [3.63, 3.8) is 0 Å². The summed E-state index contributed by atoms with van der Waals surface area (Å²) in [6.45, 7) is 10.7. The van der Waals surface area contributed by atoms with Gasteiger partial charge in [-0.1, -0.05) is 6.92 Å². The standard InChI is InChI=1S/C34H48N4O9/c1-6-28(39)35-13-15-36-26-19-24(21(4)18-27(26)47-34(11-12-34)32(36)42)30(40)38(20(2)3)25-8-7-14-37(33(43)44)29(25)22(5)46-31(41)23-9-16-45-17-10-23/h18-20,22-23,25,29H,6-17H2,1-5H3,(H,35,39)(H,43,44)/t22?,25-,29?/m1/s1. The maximum Gasteiger partial charge on any atom is 0.407 e. The third-order valence-electron chi connectivity index (χ3n) is 9.83. The summed E-state index contributed by atoms with van der Waals surface area (Å²) in [6.07, 6.45) is 1.75. The number of ether oxygens (including phenoxy) is 3. The number of amides is 4. The van der Waals surface area contributed by atoms with Crippen molar-refractivity contribution in [1.29, 1.82) is 0 Å². The lowest BCUT2D eigenvalue weighted by Gasteiger charge is -2.48. The summed E-state index contributed by atoms with van der Waals surface area (Å²) in [5.41, 5.74) is 0.575. The molecule has 3 fully saturated rings. The van der Waals surface area contributed by atoms with Crippen LogP contribution in [-0.4, -0.2) is 107 Å². The predicted octanol–water partition coefficient (Wildman–Crippen LogP) is 3.50. The molecule has 2 saturated heterocycles. The number of hydrogen-bond acceptors (Lipinski definition) is 8. The molecule has 1 saturated carbocycles. The van der Waals surface area contributed by atoms with E-state index < -0.39 is 29.9 Å². The van der Waals surface area contributed by atoms with Crippen LogP contribution in [0.3, 0.4) is 0 Å². The van der Waals surface area contributed by atoms with Crippen molar-refractivity contribution < 1.29 is 43.3 Å². The highest BCUT2D eigenvalue weighted by Gasteiger charge is 2.58. The van der Waals surface area contributed by atoms with Crippen LogP contribution < -0.4 is 15.0 Å². The van der Waals surface area contributed by atoms with Crippen LogP contribution in [0.4, 0.5) is 10.5 Å². The zero-order valence-corrected chi connectivity index (χ0v) is 28.1. The van der Waals surface area contributed by atoms with Crippen molar-refractivity contribution in [2.75, 3.05) is 37.7 Å². The fraction of sp³-hybridized carbons (Fsp3) is 0.676. The molecule has 1 spiro atoms. The molecule has 0 bridgehead atoms. The second-order valence-corrected chi connectivity index (χ2v) is 13.4. The van der Waals surface area contributed by atoms with Gasteiger partial charge >= 0.3 is 12.1 Å². The Balaban J connectivity index is 1.46. The molecule has 2 unspecified atom stereocenters. The number of aryl methyl sites for hydroxylation is 1. The molecule has 258 valence electrons. The number of nitrogens with zero attached hydrogens (tertiary/aromatic N) is 3. The van der Waals surface area contributed by atoms with Crippen LogP contribution >= 0.6 is 0 Å². The minimum atomic E-state index is -1.13. The van der Waals surface area contributed by atoms with Crippen molar-refractivity contribution in [2.24, 2.45) is 5.92 Å². The third kappa shape index (κ3) is 7.05. The lowest BCUT2D eigenvalue weighted by atomic mass is 9.89. The van der Waals surface area contributed by atoms with Crippen molar-refractivity contribution >= 4 is 35.5 Å². The number of anilines is 1. The molecule has 1 aromatic rings. The van der Waals surface area contributed by atoms with Crippen LogP contribution in [0.15, 0.2) is 12.1 Å². The molecule has 2 N–H and O–H groups in total. The molecule has 0 radical (unpaired) electrons. The number of esters is 1. The lowest BCUT2D eigenvalue weighted by molar-refractivity contribution is -0.161. The number of hydrogen-bond donors (Lipinski definition) is 2. The third-order valence-corrected chi connectivity index (χ3v) is 9.83. The Bertz CT molecular complexity index is 1390. The number of benzene rings is 1. The molecule has 1 aliphatic carbocycles. The monoisotopic (exact) mass is 656 g/mol. The Labute approximate surface area is 275 Å². The first-order chi connectivity index (χ1) is 22.4. The number of carbonyl (C=O) groups is 5. The quantitative estimate of drug-likeness (QED) is 0.360. The molecule has 3 heterocycles. The lowest BCUT2D eigenvalue weighted by Crippen LogP contribution is -2.63. The summed E-state index contributed by atoms with van der Waals surface area (Å²) in [6, 6.07) is 1.77. The van der Waals surface area contributed by atoms with Crippen molar-refractivity contribution in [2.45, 2.75) is 109 Å². The average molecular weight is 657 g/mol. The van der Waals surface area contributed by atoms with Gasteiger partial charge in [0.1, 0.15) is 11.9 Å². The Morgan fingerprint density at radius 3 is 2.45 bits per heavy atom. The Morgan fingerprint density at radius 2 is 1.83 bits per heavy atom. The molecule has 0 aromatic heterocycles. The van der Waals surface area contributed by atoms with Crippen LogP contribution in [0.2, 0.25) is 0 Å². The second kappa shape index (κ2) is 14.1. The van der Waals surface area contributed by atoms with Crippen LogP contribution in [0.25, 0.3) is 0 Å². The van der Waals surface area contributed by atoms with E-state index in [0.29, 0.717) is 80.7 Å². The molecular weight excluding hydrogens is 608 g/mol. The Morgan fingerprint density at radius 1 is 1.13 bits per heavy atom. The summed E-state index contributed by atoms with van der Waals surface area (Å²) in [5.74, 6) is -0.811. The van der Waals surface area contributed by atoms with Crippen molar-refractivity contribution in [3.8, 4) is 5.75 Å². The fourth-order valence-electron chi connectivity index (χ4n) is 7.17. The van der Waals surface area contributed by atoms with E-state index in [1.165, 1.54) is 4.90 Å². The number of carbonyl (C=O) groups excluding carboxylic acids is 4. The van der Waals surface area contributed by atoms with Crippen LogP contribution in [0.1, 0.15) is 88.6 Å². The summed E-state index contributed by atoms with van der Waals surface area (Å²) in [7, 11) is 0. The number of rotatable bonds is 10. The normalized spacial score (nSPS) is 22.7. The maximum absolute atomic E-state index is 14.6. The largest absolute Gasteiger partial charge is 0.475 e. The average Bonchev–Trinajstić information content (AvgIpc) is 3.82. The molecule has 13 nitrogen and oxygen atoms in total. The van der Waals surface area contributed by atoms with E-state index in [-0.39, 0.29) is 55.3 Å². The SMILES string of the molecule is CCC(=O)NCCN1C(=O)C2(CC2)Oc2cc(C)c(C(=O)N(C(C)C)[C@@H]3CCCN(C(=O)O)C3C(C)OC(=O)C3CCOCC3)cc21.